The van der Waals surface area contributed by atoms with Gasteiger partial charge in [0.05, 0.1) is 6.10 Å². The van der Waals surface area contributed by atoms with E-state index >= 15 is 0 Å². The molecule has 4 heteroatoms. The lowest BCUT2D eigenvalue weighted by Gasteiger charge is -2.38. The number of hydrogen-bond acceptors (Lipinski definition) is 2. The van der Waals surface area contributed by atoms with Crippen molar-refractivity contribution >= 4 is 19.9 Å². The maximum absolute atomic E-state index is 6.49. The van der Waals surface area contributed by atoms with Gasteiger partial charge in [-0.1, -0.05) is 50.6 Å². The van der Waals surface area contributed by atoms with Gasteiger partial charge in [-0.15, -0.1) is 0 Å². The molecule has 0 aromatic heterocycles. The van der Waals surface area contributed by atoms with Crippen molar-refractivity contribution in [3.8, 4) is 0 Å². The molecular formula is C16H26ClNOSi. The van der Waals surface area contributed by atoms with Crippen LogP contribution in [0.1, 0.15) is 38.8 Å². The molecule has 0 aliphatic carbocycles. The molecule has 0 amide bonds. The topological polar surface area (TPSA) is 21.3 Å². The van der Waals surface area contributed by atoms with Crippen LogP contribution in [0, 0.1) is 0 Å². The highest BCUT2D eigenvalue weighted by atomic mass is 35.5. The summed E-state index contributed by atoms with van der Waals surface area (Å²) in [4.78, 5) is 0. The summed E-state index contributed by atoms with van der Waals surface area (Å²) in [5, 5.41) is 4.66. The highest BCUT2D eigenvalue weighted by Crippen LogP contribution is 2.39. The SMILES string of the molecule is CC(C)(C)[Si](C)(C)O[C@@H]1CN[C@H](c2ccccc2Cl)C1. The highest BCUT2D eigenvalue weighted by Gasteiger charge is 2.40. The Balaban J connectivity index is 2.02. The van der Waals surface area contributed by atoms with E-state index in [0.29, 0.717) is 12.1 Å². The molecule has 1 saturated heterocycles. The molecule has 2 rings (SSSR count). The third-order valence-electron chi connectivity index (χ3n) is 4.64. The smallest absolute Gasteiger partial charge is 0.192 e. The second-order valence-corrected chi connectivity index (χ2v) is 12.4. The van der Waals surface area contributed by atoms with Gasteiger partial charge >= 0.3 is 0 Å². The van der Waals surface area contributed by atoms with Crippen LogP contribution in [0.25, 0.3) is 0 Å². The van der Waals surface area contributed by atoms with Gasteiger partial charge in [0, 0.05) is 17.6 Å². The minimum absolute atomic E-state index is 0.259. The van der Waals surface area contributed by atoms with E-state index in [4.69, 9.17) is 16.0 Å². The number of rotatable bonds is 3. The van der Waals surface area contributed by atoms with Crippen LogP contribution in [0.4, 0.5) is 0 Å². The van der Waals surface area contributed by atoms with Gasteiger partial charge in [-0.2, -0.15) is 0 Å². The zero-order valence-electron chi connectivity index (χ0n) is 13.2. The first kappa shape index (κ1) is 16.0. The fourth-order valence-electron chi connectivity index (χ4n) is 2.38. The van der Waals surface area contributed by atoms with Gasteiger partial charge in [-0.25, -0.2) is 0 Å². The Morgan fingerprint density at radius 3 is 2.50 bits per heavy atom. The summed E-state index contributed by atoms with van der Waals surface area (Å²) in [6.07, 6.45) is 1.31. The minimum atomic E-state index is -1.69. The highest BCUT2D eigenvalue weighted by molar-refractivity contribution is 6.74. The normalized spacial score (nSPS) is 24.1. The number of benzene rings is 1. The van der Waals surface area contributed by atoms with Crippen LogP contribution in [0.5, 0.6) is 0 Å². The maximum Gasteiger partial charge on any atom is 0.192 e. The van der Waals surface area contributed by atoms with Gasteiger partial charge in [0.25, 0.3) is 0 Å². The Labute approximate surface area is 129 Å². The second kappa shape index (κ2) is 5.80. The number of nitrogens with one attached hydrogen (secondary N) is 1. The van der Waals surface area contributed by atoms with Gasteiger partial charge < -0.3 is 9.74 Å². The van der Waals surface area contributed by atoms with Crippen molar-refractivity contribution in [3.63, 3.8) is 0 Å². The lowest BCUT2D eigenvalue weighted by Crippen LogP contribution is -2.44. The van der Waals surface area contributed by atoms with Gasteiger partial charge in [-0.3, -0.25) is 0 Å². The first-order valence-electron chi connectivity index (χ1n) is 7.36. The Hall–Kier alpha value is -0.353. The Morgan fingerprint density at radius 1 is 1.25 bits per heavy atom. The summed E-state index contributed by atoms with van der Waals surface area (Å²) < 4.78 is 6.49. The van der Waals surface area contributed by atoms with Gasteiger partial charge in [0.2, 0.25) is 0 Å². The third kappa shape index (κ3) is 3.45. The number of hydrogen-bond donors (Lipinski definition) is 1. The molecule has 1 fully saturated rings. The minimum Gasteiger partial charge on any atom is -0.413 e. The lowest BCUT2D eigenvalue weighted by molar-refractivity contribution is 0.197. The van der Waals surface area contributed by atoms with Crippen LogP contribution in [0.2, 0.25) is 23.2 Å². The first-order valence-corrected chi connectivity index (χ1v) is 10.6. The van der Waals surface area contributed by atoms with E-state index < -0.39 is 8.32 Å². The van der Waals surface area contributed by atoms with E-state index in [9.17, 15) is 0 Å². The third-order valence-corrected chi connectivity index (χ3v) is 9.52. The van der Waals surface area contributed by atoms with E-state index in [-0.39, 0.29) is 5.04 Å². The average molecular weight is 312 g/mol. The monoisotopic (exact) mass is 311 g/mol. The molecule has 2 nitrogen and oxygen atoms in total. The predicted molar refractivity (Wildman–Crippen MR) is 88.9 cm³/mol. The molecule has 2 atom stereocenters. The largest absolute Gasteiger partial charge is 0.413 e. The zero-order valence-corrected chi connectivity index (χ0v) is 14.9. The molecule has 0 unspecified atom stereocenters. The molecule has 112 valence electrons. The summed E-state index contributed by atoms with van der Waals surface area (Å²) in [6.45, 7) is 12.4. The molecule has 0 spiro atoms. The Kier molecular flexibility index (Phi) is 4.65. The molecule has 1 aliphatic heterocycles. The summed E-state index contributed by atoms with van der Waals surface area (Å²) in [6, 6.07) is 8.41. The number of halogens is 1. The van der Waals surface area contributed by atoms with Crippen LogP contribution >= 0.6 is 11.6 Å². The van der Waals surface area contributed by atoms with Gasteiger partial charge in [0.15, 0.2) is 8.32 Å². The predicted octanol–water partition coefficient (Wildman–Crippen LogP) is 4.76. The van der Waals surface area contributed by atoms with Crippen molar-refractivity contribution in [1.82, 2.24) is 5.32 Å². The molecule has 0 saturated carbocycles. The summed E-state index contributed by atoms with van der Waals surface area (Å²) in [7, 11) is -1.69. The molecule has 20 heavy (non-hydrogen) atoms. The standard InChI is InChI=1S/C16H26ClNOSi/c1-16(2,3)20(4,5)19-12-10-15(18-11-12)13-8-6-7-9-14(13)17/h6-9,12,15,18H,10-11H2,1-5H3/t12-,15-/m0/s1. The van der Waals surface area contributed by atoms with Crippen molar-refractivity contribution in [1.29, 1.82) is 0 Å². The first-order chi connectivity index (χ1) is 9.21. The average Bonchev–Trinajstić information content (AvgIpc) is 2.75. The van der Waals surface area contributed by atoms with Crippen LogP contribution in [-0.2, 0) is 4.43 Å². The summed E-state index contributed by atoms with van der Waals surface area (Å²) in [5.74, 6) is 0. The van der Waals surface area contributed by atoms with E-state index in [0.717, 1.165) is 18.0 Å². The van der Waals surface area contributed by atoms with Crippen molar-refractivity contribution in [2.24, 2.45) is 0 Å². The molecule has 0 radical (unpaired) electrons. The van der Waals surface area contributed by atoms with Crippen LogP contribution in [-0.4, -0.2) is 21.0 Å². The lowest BCUT2D eigenvalue weighted by atomic mass is 10.0. The van der Waals surface area contributed by atoms with E-state index in [2.05, 4.69) is 45.2 Å². The summed E-state index contributed by atoms with van der Waals surface area (Å²) >= 11 is 6.29. The quantitative estimate of drug-likeness (QED) is 0.812. The fraction of sp³-hybridized carbons (Fsp3) is 0.625. The van der Waals surface area contributed by atoms with Crippen LogP contribution < -0.4 is 5.32 Å². The van der Waals surface area contributed by atoms with E-state index in [1.807, 2.05) is 18.2 Å². The van der Waals surface area contributed by atoms with E-state index in [1.54, 1.807) is 0 Å². The Bertz CT molecular complexity index is 470. The van der Waals surface area contributed by atoms with Crippen molar-refractivity contribution < 1.29 is 4.43 Å². The molecule has 1 heterocycles. The van der Waals surface area contributed by atoms with Gasteiger partial charge in [0.1, 0.15) is 0 Å². The van der Waals surface area contributed by atoms with Crippen LogP contribution in [0.15, 0.2) is 24.3 Å². The molecule has 1 N–H and O–H groups in total. The molecule has 0 bridgehead atoms. The van der Waals surface area contributed by atoms with Crippen LogP contribution in [0.3, 0.4) is 0 Å². The Morgan fingerprint density at radius 2 is 1.90 bits per heavy atom. The fourth-order valence-corrected chi connectivity index (χ4v) is 4.01. The molecule has 1 aromatic rings. The van der Waals surface area contributed by atoms with Gasteiger partial charge in [-0.05, 0) is 36.2 Å². The maximum atomic E-state index is 6.49. The molecular weight excluding hydrogens is 286 g/mol. The molecule has 1 aromatic carbocycles. The summed E-state index contributed by atoms with van der Waals surface area (Å²) in [5.41, 5.74) is 1.19. The van der Waals surface area contributed by atoms with Crippen molar-refractivity contribution in [2.75, 3.05) is 6.54 Å². The van der Waals surface area contributed by atoms with E-state index in [1.165, 1.54) is 5.56 Å². The molecule has 1 aliphatic rings. The van der Waals surface area contributed by atoms with Crippen molar-refractivity contribution in [3.05, 3.63) is 34.9 Å². The van der Waals surface area contributed by atoms with Crippen molar-refractivity contribution in [2.45, 2.75) is 57.5 Å². The zero-order chi connectivity index (χ0) is 15.0. The second-order valence-electron chi connectivity index (χ2n) is 7.22.